The van der Waals surface area contributed by atoms with Crippen LogP contribution in [0.25, 0.3) is 0 Å². The van der Waals surface area contributed by atoms with Crippen LogP contribution in [0.2, 0.25) is 0 Å². The lowest BCUT2D eigenvalue weighted by molar-refractivity contribution is 0.596. The van der Waals surface area contributed by atoms with Gasteiger partial charge < -0.3 is 0 Å². The first kappa shape index (κ1) is 9.08. The van der Waals surface area contributed by atoms with Gasteiger partial charge in [0.15, 0.2) is 0 Å². The Morgan fingerprint density at radius 1 is 1.64 bits per heavy atom. The highest BCUT2D eigenvalue weighted by Crippen LogP contribution is 2.14. The highest BCUT2D eigenvalue weighted by molar-refractivity contribution is 7.09. The molecular weight excluding hydrogens is 176 g/mol. The maximum Gasteiger partial charge on any atom is 0.0249 e. The van der Waals surface area contributed by atoms with Crippen molar-refractivity contribution < 1.29 is 0 Å². The minimum Gasteiger partial charge on any atom is -0.149 e. The highest BCUT2D eigenvalue weighted by Gasteiger charge is 2.00. The third-order valence-corrected chi connectivity index (χ3v) is 3.19. The summed E-state index contributed by atoms with van der Waals surface area (Å²) in [5.41, 5.74) is 0. The molecule has 0 aliphatic carbocycles. The van der Waals surface area contributed by atoms with Gasteiger partial charge in [0.05, 0.1) is 0 Å². The summed E-state index contributed by atoms with van der Waals surface area (Å²) < 4.78 is 0. The number of aryl methyl sites for hydroxylation is 1. The Balaban J connectivity index is 2.23. The molecular formula is C9H13ClS. The molecule has 0 saturated carbocycles. The second-order valence-electron chi connectivity index (χ2n) is 2.88. The van der Waals surface area contributed by atoms with Gasteiger partial charge in [0.25, 0.3) is 0 Å². The molecule has 1 aromatic heterocycles. The van der Waals surface area contributed by atoms with Crippen molar-refractivity contribution in [1.82, 2.24) is 0 Å². The van der Waals surface area contributed by atoms with Gasteiger partial charge >= 0.3 is 0 Å². The average molecular weight is 189 g/mol. The molecule has 0 aliphatic heterocycles. The van der Waals surface area contributed by atoms with Crippen LogP contribution >= 0.6 is 22.9 Å². The molecule has 0 N–H and O–H groups in total. The van der Waals surface area contributed by atoms with Crippen molar-refractivity contribution >= 4 is 22.9 Å². The number of halogens is 1. The van der Waals surface area contributed by atoms with E-state index in [1.807, 2.05) is 11.3 Å². The number of hydrogen-bond acceptors (Lipinski definition) is 1. The van der Waals surface area contributed by atoms with Gasteiger partial charge in [-0.15, -0.1) is 22.9 Å². The second kappa shape index (κ2) is 4.78. The van der Waals surface area contributed by atoms with Gasteiger partial charge in [0.2, 0.25) is 0 Å². The lowest BCUT2D eigenvalue weighted by Gasteiger charge is -2.04. The van der Waals surface area contributed by atoms with Gasteiger partial charge in [-0.25, -0.2) is 0 Å². The van der Waals surface area contributed by atoms with Crippen LogP contribution in [0.5, 0.6) is 0 Å². The molecule has 1 aromatic rings. The summed E-state index contributed by atoms with van der Waals surface area (Å²) in [5.74, 6) is 1.43. The first-order chi connectivity index (χ1) is 5.33. The summed E-state index contributed by atoms with van der Waals surface area (Å²) in [7, 11) is 0. The van der Waals surface area contributed by atoms with E-state index >= 15 is 0 Å². The largest absolute Gasteiger partial charge is 0.149 e. The van der Waals surface area contributed by atoms with Crippen LogP contribution in [0.1, 0.15) is 18.2 Å². The molecule has 0 nitrogen and oxygen atoms in total. The quantitative estimate of drug-likeness (QED) is 0.634. The summed E-state index contributed by atoms with van der Waals surface area (Å²) in [6.45, 7) is 2.20. The van der Waals surface area contributed by atoms with E-state index in [1.165, 1.54) is 17.7 Å². The molecule has 0 bridgehead atoms. The van der Waals surface area contributed by atoms with E-state index in [2.05, 4.69) is 24.4 Å². The molecule has 0 saturated heterocycles. The van der Waals surface area contributed by atoms with Crippen LogP contribution in [0.15, 0.2) is 17.5 Å². The molecule has 1 atom stereocenters. The van der Waals surface area contributed by atoms with Crippen molar-refractivity contribution in [3.8, 4) is 0 Å². The molecule has 0 radical (unpaired) electrons. The lowest BCUT2D eigenvalue weighted by Crippen LogP contribution is -1.96. The zero-order chi connectivity index (χ0) is 8.10. The second-order valence-corrected chi connectivity index (χ2v) is 4.22. The third kappa shape index (κ3) is 3.26. The van der Waals surface area contributed by atoms with E-state index in [4.69, 9.17) is 11.6 Å². The standard InChI is InChI=1S/C9H13ClS/c1-8(7-10)4-5-9-3-2-6-11-9/h2-3,6,8H,4-5,7H2,1H3. The van der Waals surface area contributed by atoms with Crippen molar-refractivity contribution in [2.75, 3.05) is 5.88 Å². The number of alkyl halides is 1. The fourth-order valence-electron chi connectivity index (χ4n) is 0.921. The number of hydrogen-bond donors (Lipinski definition) is 0. The fraction of sp³-hybridized carbons (Fsp3) is 0.556. The Morgan fingerprint density at radius 2 is 2.45 bits per heavy atom. The molecule has 0 aliphatic rings. The van der Waals surface area contributed by atoms with E-state index < -0.39 is 0 Å². The van der Waals surface area contributed by atoms with Crippen molar-refractivity contribution in [2.24, 2.45) is 5.92 Å². The lowest BCUT2D eigenvalue weighted by atomic mass is 10.1. The van der Waals surface area contributed by atoms with Gasteiger partial charge in [-0.2, -0.15) is 0 Å². The van der Waals surface area contributed by atoms with Crippen LogP contribution in [0, 0.1) is 5.92 Å². The minimum absolute atomic E-state index is 0.652. The van der Waals surface area contributed by atoms with Crippen molar-refractivity contribution in [3.05, 3.63) is 22.4 Å². The predicted molar refractivity (Wildman–Crippen MR) is 52.5 cm³/mol. The van der Waals surface area contributed by atoms with Crippen molar-refractivity contribution in [1.29, 1.82) is 0 Å². The van der Waals surface area contributed by atoms with E-state index in [-0.39, 0.29) is 0 Å². The fourth-order valence-corrected chi connectivity index (χ4v) is 1.80. The zero-order valence-electron chi connectivity index (χ0n) is 6.72. The summed E-state index contributed by atoms with van der Waals surface area (Å²) in [6.07, 6.45) is 2.40. The van der Waals surface area contributed by atoms with Gasteiger partial charge in [-0.05, 0) is 30.2 Å². The van der Waals surface area contributed by atoms with Gasteiger partial charge in [-0.1, -0.05) is 13.0 Å². The predicted octanol–water partition coefficient (Wildman–Crippen LogP) is 3.56. The molecule has 0 aromatic carbocycles. The summed E-state index contributed by atoms with van der Waals surface area (Å²) in [5, 5.41) is 2.13. The van der Waals surface area contributed by atoms with Crippen LogP contribution in [0.3, 0.4) is 0 Å². The SMILES string of the molecule is CC(CCl)CCc1cccs1. The Hall–Kier alpha value is -0.0100. The van der Waals surface area contributed by atoms with Gasteiger partial charge in [-0.3, -0.25) is 0 Å². The van der Waals surface area contributed by atoms with E-state index in [9.17, 15) is 0 Å². The highest BCUT2D eigenvalue weighted by atomic mass is 35.5. The molecule has 2 heteroatoms. The Kier molecular flexibility index (Phi) is 3.95. The molecule has 11 heavy (non-hydrogen) atoms. The summed E-state index contributed by atoms with van der Waals surface area (Å²) in [6, 6.07) is 4.29. The molecule has 0 amide bonds. The molecule has 1 unspecified atom stereocenters. The van der Waals surface area contributed by atoms with E-state index in [1.54, 1.807) is 0 Å². The first-order valence-corrected chi connectivity index (χ1v) is 5.32. The van der Waals surface area contributed by atoms with Crippen LogP contribution in [0.4, 0.5) is 0 Å². The minimum atomic E-state index is 0.652. The molecule has 1 heterocycles. The number of thiophene rings is 1. The summed E-state index contributed by atoms with van der Waals surface area (Å²) >= 11 is 7.53. The Labute approximate surface area is 77.2 Å². The first-order valence-electron chi connectivity index (χ1n) is 3.91. The van der Waals surface area contributed by atoms with Gasteiger partial charge in [0, 0.05) is 10.8 Å². The average Bonchev–Trinajstić information content (AvgIpc) is 2.52. The Morgan fingerprint density at radius 3 is 3.00 bits per heavy atom. The van der Waals surface area contributed by atoms with Crippen LogP contribution in [-0.4, -0.2) is 5.88 Å². The molecule has 1 rings (SSSR count). The number of rotatable bonds is 4. The third-order valence-electron chi connectivity index (χ3n) is 1.73. The van der Waals surface area contributed by atoms with Crippen molar-refractivity contribution in [3.63, 3.8) is 0 Å². The van der Waals surface area contributed by atoms with E-state index in [0.717, 1.165) is 5.88 Å². The molecule has 0 spiro atoms. The monoisotopic (exact) mass is 188 g/mol. The van der Waals surface area contributed by atoms with E-state index in [0.29, 0.717) is 5.92 Å². The van der Waals surface area contributed by atoms with Crippen LogP contribution in [-0.2, 0) is 6.42 Å². The smallest absolute Gasteiger partial charge is 0.0249 e. The van der Waals surface area contributed by atoms with Crippen molar-refractivity contribution in [2.45, 2.75) is 19.8 Å². The Bertz CT molecular complexity index is 181. The molecule has 62 valence electrons. The normalized spacial score (nSPS) is 13.3. The summed E-state index contributed by atoms with van der Waals surface area (Å²) in [4.78, 5) is 1.47. The maximum atomic E-state index is 5.70. The molecule has 0 fully saturated rings. The van der Waals surface area contributed by atoms with Gasteiger partial charge in [0.1, 0.15) is 0 Å². The topological polar surface area (TPSA) is 0 Å². The van der Waals surface area contributed by atoms with Crippen LogP contribution < -0.4 is 0 Å². The maximum absolute atomic E-state index is 5.70. The zero-order valence-corrected chi connectivity index (χ0v) is 8.29.